The molecule has 1 aliphatic heterocycles. The average Bonchev–Trinajstić information content (AvgIpc) is 3.07. The van der Waals surface area contributed by atoms with Gasteiger partial charge in [-0.2, -0.15) is 0 Å². The molecular formula is C20H27IN4. The van der Waals surface area contributed by atoms with Gasteiger partial charge >= 0.3 is 0 Å². The number of hydrogen-bond donors (Lipinski definition) is 1. The van der Waals surface area contributed by atoms with Gasteiger partial charge in [0.25, 0.3) is 0 Å². The fourth-order valence-corrected chi connectivity index (χ4v) is 2.99. The number of nitrogens with zero attached hydrogens (tertiary/aromatic N) is 3. The van der Waals surface area contributed by atoms with Crippen LogP contribution in [0.1, 0.15) is 22.7 Å². The molecule has 1 aliphatic rings. The Morgan fingerprint density at radius 1 is 0.920 bits per heavy atom. The lowest BCUT2D eigenvalue weighted by Gasteiger charge is -2.21. The van der Waals surface area contributed by atoms with E-state index < -0.39 is 0 Å². The van der Waals surface area contributed by atoms with Gasteiger partial charge in [0.2, 0.25) is 0 Å². The van der Waals surface area contributed by atoms with Gasteiger partial charge in [0.15, 0.2) is 5.96 Å². The van der Waals surface area contributed by atoms with E-state index >= 15 is 0 Å². The summed E-state index contributed by atoms with van der Waals surface area (Å²) >= 11 is 0. The van der Waals surface area contributed by atoms with Crippen molar-refractivity contribution in [3.8, 4) is 0 Å². The first-order valence-corrected chi connectivity index (χ1v) is 8.41. The van der Waals surface area contributed by atoms with Crippen LogP contribution < -0.4 is 5.32 Å². The van der Waals surface area contributed by atoms with Gasteiger partial charge < -0.3 is 15.1 Å². The number of rotatable bonds is 5. The molecule has 0 aliphatic carbocycles. The van der Waals surface area contributed by atoms with Crippen LogP contribution >= 0.6 is 24.0 Å². The maximum absolute atomic E-state index is 4.67. The smallest absolute Gasteiger partial charge is 0.194 e. The maximum Gasteiger partial charge on any atom is 0.194 e. The Balaban J connectivity index is 0.00000225. The molecule has 0 bridgehead atoms. The molecule has 0 saturated heterocycles. The first kappa shape index (κ1) is 19.7. The molecule has 0 saturated carbocycles. The van der Waals surface area contributed by atoms with E-state index in [0.29, 0.717) is 0 Å². The Morgan fingerprint density at radius 3 is 2.12 bits per heavy atom. The van der Waals surface area contributed by atoms with Crippen LogP contribution in [-0.4, -0.2) is 43.4 Å². The van der Waals surface area contributed by atoms with Crippen LogP contribution in [0.3, 0.4) is 0 Å². The van der Waals surface area contributed by atoms with E-state index in [2.05, 4.69) is 89.8 Å². The summed E-state index contributed by atoms with van der Waals surface area (Å²) in [5.74, 6) is 0.973. The molecule has 5 heteroatoms. The van der Waals surface area contributed by atoms with Crippen LogP contribution in [0.5, 0.6) is 0 Å². The molecule has 2 aromatic carbocycles. The Bertz CT molecular complexity index is 683. The fraction of sp³-hybridized carbons (Fsp3) is 0.350. The molecule has 0 amide bonds. The summed E-state index contributed by atoms with van der Waals surface area (Å²) in [6.07, 6.45) is 0. The van der Waals surface area contributed by atoms with Crippen molar-refractivity contribution in [1.29, 1.82) is 0 Å². The van der Waals surface area contributed by atoms with Gasteiger partial charge in [0, 0.05) is 20.1 Å². The van der Waals surface area contributed by atoms with Gasteiger partial charge in [-0.05, 0) is 30.8 Å². The van der Waals surface area contributed by atoms with E-state index in [0.717, 1.165) is 25.6 Å². The van der Waals surface area contributed by atoms with Crippen molar-refractivity contribution in [2.24, 2.45) is 4.99 Å². The highest BCUT2D eigenvalue weighted by molar-refractivity contribution is 14.0. The highest BCUT2D eigenvalue weighted by Crippen LogP contribution is 2.18. The summed E-state index contributed by atoms with van der Waals surface area (Å²) in [5, 5.41) is 3.53. The van der Waals surface area contributed by atoms with Crippen molar-refractivity contribution in [3.63, 3.8) is 0 Å². The SMILES string of the molecule is CN(C)Cc1ccc(CN(C)C2=NCC(c3ccccc3)N2)cc1.I. The van der Waals surface area contributed by atoms with Crippen LogP contribution in [-0.2, 0) is 13.1 Å². The van der Waals surface area contributed by atoms with Gasteiger partial charge in [-0.15, -0.1) is 24.0 Å². The summed E-state index contributed by atoms with van der Waals surface area (Å²) < 4.78 is 0. The van der Waals surface area contributed by atoms with Gasteiger partial charge in [0.05, 0.1) is 12.6 Å². The second-order valence-electron chi connectivity index (χ2n) is 6.68. The average molecular weight is 450 g/mol. The Hall–Kier alpha value is -1.60. The zero-order valence-corrected chi connectivity index (χ0v) is 17.5. The topological polar surface area (TPSA) is 30.9 Å². The molecule has 3 rings (SSSR count). The molecule has 1 atom stereocenters. The number of halogens is 1. The number of benzene rings is 2. The highest BCUT2D eigenvalue weighted by Gasteiger charge is 2.21. The van der Waals surface area contributed by atoms with E-state index in [1.807, 2.05) is 6.07 Å². The second-order valence-corrected chi connectivity index (χ2v) is 6.68. The van der Waals surface area contributed by atoms with Crippen LogP contribution in [0, 0.1) is 0 Å². The Kier molecular flexibility index (Phi) is 7.25. The fourth-order valence-electron chi connectivity index (χ4n) is 2.99. The largest absolute Gasteiger partial charge is 0.348 e. The van der Waals surface area contributed by atoms with Crippen molar-refractivity contribution in [1.82, 2.24) is 15.1 Å². The normalized spacial score (nSPS) is 16.2. The third-order valence-corrected chi connectivity index (χ3v) is 4.23. The Labute approximate surface area is 168 Å². The lowest BCUT2D eigenvalue weighted by Crippen LogP contribution is -2.36. The highest BCUT2D eigenvalue weighted by atomic mass is 127. The van der Waals surface area contributed by atoms with Crippen molar-refractivity contribution < 1.29 is 0 Å². The van der Waals surface area contributed by atoms with E-state index in [1.54, 1.807) is 0 Å². The molecule has 134 valence electrons. The van der Waals surface area contributed by atoms with Crippen molar-refractivity contribution in [3.05, 3.63) is 71.3 Å². The molecule has 0 aromatic heterocycles. The number of guanidine groups is 1. The first-order chi connectivity index (χ1) is 11.6. The third kappa shape index (κ3) is 5.44. The first-order valence-electron chi connectivity index (χ1n) is 8.41. The zero-order chi connectivity index (χ0) is 16.9. The molecule has 1 N–H and O–H groups in total. The lowest BCUT2D eigenvalue weighted by atomic mass is 10.1. The van der Waals surface area contributed by atoms with Crippen LogP contribution in [0.4, 0.5) is 0 Å². The Morgan fingerprint density at radius 2 is 1.52 bits per heavy atom. The molecule has 1 heterocycles. The molecule has 4 nitrogen and oxygen atoms in total. The maximum atomic E-state index is 4.67. The van der Waals surface area contributed by atoms with E-state index in [1.165, 1.54) is 16.7 Å². The number of hydrogen-bond acceptors (Lipinski definition) is 4. The van der Waals surface area contributed by atoms with Crippen molar-refractivity contribution in [2.75, 3.05) is 27.7 Å². The molecule has 25 heavy (non-hydrogen) atoms. The summed E-state index contributed by atoms with van der Waals surface area (Å²) in [6.45, 7) is 2.63. The van der Waals surface area contributed by atoms with E-state index in [4.69, 9.17) is 0 Å². The zero-order valence-electron chi connectivity index (χ0n) is 15.1. The summed E-state index contributed by atoms with van der Waals surface area (Å²) in [5.41, 5.74) is 3.93. The predicted octanol–water partition coefficient (Wildman–Crippen LogP) is 3.50. The summed E-state index contributed by atoms with van der Waals surface area (Å²) in [4.78, 5) is 9.04. The second kappa shape index (κ2) is 9.20. The number of nitrogens with one attached hydrogen (secondary N) is 1. The van der Waals surface area contributed by atoms with Gasteiger partial charge in [0.1, 0.15) is 0 Å². The van der Waals surface area contributed by atoms with Gasteiger partial charge in [-0.3, -0.25) is 4.99 Å². The minimum atomic E-state index is 0. The molecule has 0 spiro atoms. The van der Waals surface area contributed by atoms with Gasteiger partial charge in [-0.1, -0.05) is 54.6 Å². The van der Waals surface area contributed by atoms with E-state index in [-0.39, 0.29) is 30.0 Å². The van der Waals surface area contributed by atoms with E-state index in [9.17, 15) is 0 Å². The van der Waals surface area contributed by atoms with Crippen molar-refractivity contribution in [2.45, 2.75) is 19.1 Å². The standard InChI is InChI=1S/C20H26N4.HI/c1-23(2)14-16-9-11-17(12-10-16)15-24(3)20-21-13-19(22-20)18-7-5-4-6-8-18;/h4-12,19H,13-15H2,1-3H3,(H,21,22);1H. The van der Waals surface area contributed by atoms with Crippen molar-refractivity contribution >= 4 is 29.9 Å². The van der Waals surface area contributed by atoms with Crippen LogP contribution in [0.15, 0.2) is 59.6 Å². The lowest BCUT2D eigenvalue weighted by molar-refractivity contribution is 0.402. The number of aliphatic imine (C=N–C) groups is 1. The quantitative estimate of drug-likeness (QED) is 0.708. The minimum absolute atomic E-state index is 0. The van der Waals surface area contributed by atoms with Crippen LogP contribution in [0.25, 0.3) is 0 Å². The van der Waals surface area contributed by atoms with Crippen LogP contribution in [0.2, 0.25) is 0 Å². The minimum Gasteiger partial charge on any atom is -0.348 e. The molecule has 2 aromatic rings. The third-order valence-electron chi connectivity index (χ3n) is 4.23. The molecule has 1 unspecified atom stereocenters. The molecule has 0 fully saturated rings. The predicted molar refractivity (Wildman–Crippen MR) is 115 cm³/mol. The summed E-state index contributed by atoms with van der Waals surface area (Å²) in [6, 6.07) is 19.6. The molecular weight excluding hydrogens is 423 g/mol. The van der Waals surface area contributed by atoms with Gasteiger partial charge in [-0.25, -0.2) is 0 Å². The summed E-state index contributed by atoms with van der Waals surface area (Å²) in [7, 11) is 6.27. The monoisotopic (exact) mass is 450 g/mol. The molecule has 0 radical (unpaired) electrons.